The van der Waals surface area contributed by atoms with Gasteiger partial charge in [0.15, 0.2) is 0 Å². The number of allylic oxidation sites excluding steroid dienone is 1. The molecule has 1 aromatic rings. The zero-order valence-electron chi connectivity index (χ0n) is 11.5. The second-order valence-corrected chi connectivity index (χ2v) is 4.54. The lowest BCUT2D eigenvalue weighted by atomic mass is 10.0. The van der Waals surface area contributed by atoms with Crippen LogP contribution in [0.1, 0.15) is 24.2 Å². The highest BCUT2D eigenvalue weighted by molar-refractivity contribution is 5.76. The van der Waals surface area contributed by atoms with E-state index in [1.54, 1.807) is 6.08 Å². The summed E-state index contributed by atoms with van der Waals surface area (Å²) in [6.45, 7) is 3.00. The quantitative estimate of drug-likeness (QED) is 0.437. The normalized spacial score (nSPS) is 19.1. The smallest absolute Gasteiger partial charge is 0.142 e. The van der Waals surface area contributed by atoms with E-state index >= 15 is 0 Å². The Morgan fingerprint density at radius 1 is 1.55 bits per heavy atom. The van der Waals surface area contributed by atoms with Gasteiger partial charge in [0, 0.05) is 11.6 Å². The van der Waals surface area contributed by atoms with Gasteiger partial charge in [-0.2, -0.15) is 0 Å². The average molecular weight is 280 g/mol. The second-order valence-electron chi connectivity index (χ2n) is 4.54. The Kier molecular flexibility index (Phi) is 4.87. The number of hydrogen-bond donors (Lipinski definition) is 0. The summed E-state index contributed by atoms with van der Waals surface area (Å²) >= 11 is 0. The molecular weight excluding hydrogens is 263 g/mol. The Bertz CT molecular complexity index is 509. The first kappa shape index (κ1) is 14.7. The minimum absolute atomic E-state index is 0.141. The molecule has 0 aromatic heterocycles. The monoisotopic (exact) mass is 280 g/mol. The van der Waals surface area contributed by atoms with Crippen molar-refractivity contribution in [2.45, 2.75) is 19.1 Å². The van der Waals surface area contributed by atoms with E-state index in [-0.39, 0.29) is 12.2 Å². The van der Waals surface area contributed by atoms with Crippen LogP contribution in [0.15, 0.2) is 18.2 Å². The molecular formula is C15H17FO4. The van der Waals surface area contributed by atoms with Crippen molar-refractivity contribution in [1.29, 1.82) is 0 Å². The molecule has 0 spiro atoms. The van der Waals surface area contributed by atoms with E-state index in [2.05, 4.69) is 0 Å². The number of epoxide rings is 1. The predicted molar refractivity (Wildman–Crippen MR) is 72.2 cm³/mol. The van der Waals surface area contributed by atoms with Crippen molar-refractivity contribution >= 4 is 12.4 Å². The average Bonchev–Trinajstić information content (AvgIpc) is 3.26. The number of halogens is 1. The van der Waals surface area contributed by atoms with Crippen molar-refractivity contribution in [2.75, 3.05) is 20.3 Å². The number of rotatable bonds is 7. The lowest BCUT2D eigenvalue weighted by molar-refractivity contribution is -0.104. The Morgan fingerprint density at radius 2 is 2.30 bits per heavy atom. The van der Waals surface area contributed by atoms with Gasteiger partial charge >= 0.3 is 0 Å². The van der Waals surface area contributed by atoms with Crippen LogP contribution in [0.5, 0.6) is 5.75 Å². The third-order valence-corrected chi connectivity index (χ3v) is 3.07. The number of carbonyl (C=O) groups is 1. The molecule has 1 heterocycles. The van der Waals surface area contributed by atoms with Crippen LogP contribution in [0.2, 0.25) is 0 Å². The van der Waals surface area contributed by atoms with Gasteiger partial charge in [-0.1, -0.05) is 0 Å². The van der Waals surface area contributed by atoms with Crippen LogP contribution >= 0.6 is 0 Å². The summed E-state index contributed by atoms with van der Waals surface area (Å²) < 4.78 is 29.5. The van der Waals surface area contributed by atoms with Gasteiger partial charge in [0.25, 0.3) is 0 Å². The highest BCUT2D eigenvalue weighted by atomic mass is 19.1. The fourth-order valence-corrected chi connectivity index (χ4v) is 1.94. The second kappa shape index (κ2) is 6.63. The number of methoxy groups -OCH3 is 1. The molecule has 1 aromatic carbocycles. The maximum Gasteiger partial charge on any atom is 0.142 e. The number of benzene rings is 1. The third-order valence-electron chi connectivity index (χ3n) is 3.07. The standard InChI is InChI=1S/C15H17FO4/c1-10(19-8-12-9-20-12)14-6-11(16)7-15(18-2)13(14)4-3-5-17/h3-7,10,12H,8-9H2,1-2H3/b4-3+/t10-,12+/m1/s1. The topological polar surface area (TPSA) is 48.1 Å². The Labute approximate surface area is 117 Å². The molecule has 1 aliphatic rings. The molecule has 0 N–H and O–H groups in total. The van der Waals surface area contributed by atoms with Gasteiger partial charge in [-0.15, -0.1) is 0 Å². The van der Waals surface area contributed by atoms with Gasteiger partial charge in [-0.05, 0) is 30.7 Å². The number of hydrogen-bond acceptors (Lipinski definition) is 4. The largest absolute Gasteiger partial charge is 0.496 e. The molecule has 0 amide bonds. The minimum Gasteiger partial charge on any atom is -0.496 e. The van der Waals surface area contributed by atoms with E-state index in [1.165, 1.54) is 25.3 Å². The van der Waals surface area contributed by atoms with Crippen LogP contribution in [0.3, 0.4) is 0 Å². The highest BCUT2D eigenvalue weighted by Gasteiger charge is 2.24. The molecule has 2 rings (SSSR count). The summed E-state index contributed by atoms with van der Waals surface area (Å²) in [6, 6.07) is 2.68. The van der Waals surface area contributed by atoms with Crippen molar-refractivity contribution in [3.63, 3.8) is 0 Å². The first-order chi connectivity index (χ1) is 9.65. The summed E-state index contributed by atoms with van der Waals surface area (Å²) in [4.78, 5) is 10.5. The van der Waals surface area contributed by atoms with Gasteiger partial charge in [0.1, 0.15) is 24.0 Å². The molecule has 0 unspecified atom stereocenters. The zero-order valence-corrected chi connectivity index (χ0v) is 11.5. The number of carbonyl (C=O) groups excluding carboxylic acids is 1. The molecule has 4 nitrogen and oxygen atoms in total. The molecule has 0 radical (unpaired) electrons. The molecule has 1 saturated heterocycles. The van der Waals surface area contributed by atoms with Crippen LogP contribution in [0.4, 0.5) is 4.39 Å². The van der Waals surface area contributed by atoms with Crippen molar-refractivity contribution in [2.24, 2.45) is 0 Å². The van der Waals surface area contributed by atoms with Gasteiger partial charge in [-0.25, -0.2) is 4.39 Å². The molecule has 108 valence electrons. The lowest BCUT2D eigenvalue weighted by Gasteiger charge is -2.18. The molecule has 2 atom stereocenters. The summed E-state index contributed by atoms with van der Waals surface area (Å²) in [6.07, 6.45) is 3.41. The molecule has 20 heavy (non-hydrogen) atoms. The summed E-state index contributed by atoms with van der Waals surface area (Å²) in [5, 5.41) is 0. The SMILES string of the molecule is COc1cc(F)cc([C@@H](C)OC[C@H]2CO2)c1/C=C/C=O. The van der Waals surface area contributed by atoms with Crippen LogP contribution in [0.25, 0.3) is 6.08 Å². The summed E-state index contributed by atoms with van der Waals surface area (Å²) in [7, 11) is 1.46. The van der Waals surface area contributed by atoms with E-state index < -0.39 is 5.82 Å². The number of ether oxygens (including phenoxy) is 3. The van der Waals surface area contributed by atoms with Crippen molar-refractivity contribution < 1.29 is 23.4 Å². The molecule has 0 bridgehead atoms. The highest BCUT2D eigenvalue weighted by Crippen LogP contribution is 2.31. The van der Waals surface area contributed by atoms with E-state index in [0.717, 1.165) is 0 Å². The van der Waals surface area contributed by atoms with Gasteiger partial charge in [0.2, 0.25) is 0 Å². The Balaban J connectivity index is 2.28. The van der Waals surface area contributed by atoms with E-state index in [9.17, 15) is 9.18 Å². The van der Waals surface area contributed by atoms with Gasteiger partial charge in [0.05, 0.1) is 26.4 Å². The zero-order chi connectivity index (χ0) is 14.5. The van der Waals surface area contributed by atoms with Gasteiger partial charge in [-0.3, -0.25) is 4.79 Å². The van der Waals surface area contributed by atoms with Crippen molar-refractivity contribution in [3.05, 3.63) is 35.2 Å². The first-order valence-corrected chi connectivity index (χ1v) is 6.38. The molecule has 0 saturated carbocycles. The minimum atomic E-state index is -0.404. The predicted octanol–water partition coefficient (Wildman–Crippen LogP) is 2.52. The third kappa shape index (κ3) is 3.65. The van der Waals surface area contributed by atoms with E-state index in [1.807, 2.05) is 6.92 Å². The maximum atomic E-state index is 13.6. The van der Waals surface area contributed by atoms with Crippen LogP contribution in [0, 0.1) is 5.82 Å². The van der Waals surface area contributed by atoms with E-state index in [4.69, 9.17) is 14.2 Å². The first-order valence-electron chi connectivity index (χ1n) is 6.38. The molecule has 1 fully saturated rings. The van der Waals surface area contributed by atoms with Crippen LogP contribution in [-0.4, -0.2) is 32.7 Å². The van der Waals surface area contributed by atoms with Crippen LogP contribution < -0.4 is 4.74 Å². The Hall–Kier alpha value is -1.72. The van der Waals surface area contributed by atoms with Crippen molar-refractivity contribution in [3.8, 4) is 5.75 Å². The molecule has 0 aliphatic carbocycles. The summed E-state index contributed by atoms with van der Waals surface area (Å²) in [5.41, 5.74) is 1.28. The Morgan fingerprint density at radius 3 is 2.90 bits per heavy atom. The molecule has 5 heteroatoms. The van der Waals surface area contributed by atoms with Crippen LogP contribution in [-0.2, 0) is 14.3 Å². The summed E-state index contributed by atoms with van der Waals surface area (Å²) in [5.74, 6) is -0.0329. The fraction of sp³-hybridized carbons (Fsp3) is 0.400. The lowest BCUT2D eigenvalue weighted by Crippen LogP contribution is -2.08. The van der Waals surface area contributed by atoms with E-state index in [0.29, 0.717) is 36.4 Å². The fourth-order valence-electron chi connectivity index (χ4n) is 1.94. The number of aldehydes is 1. The van der Waals surface area contributed by atoms with Crippen molar-refractivity contribution in [1.82, 2.24) is 0 Å². The maximum absolute atomic E-state index is 13.6. The van der Waals surface area contributed by atoms with Gasteiger partial charge < -0.3 is 14.2 Å². The molecule has 1 aliphatic heterocycles.